The minimum absolute atomic E-state index is 0.891. The highest BCUT2D eigenvalue weighted by atomic mass is 15.3. The van der Waals surface area contributed by atoms with E-state index in [4.69, 9.17) is 0 Å². The van der Waals surface area contributed by atoms with Crippen LogP contribution in [0.4, 0.5) is 0 Å². The molecular weight excluding hydrogens is 124 g/mol. The Hall–Kier alpha value is -0.0800. The van der Waals surface area contributed by atoms with Gasteiger partial charge in [-0.05, 0) is 32.4 Å². The summed E-state index contributed by atoms with van der Waals surface area (Å²) in [6, 6.07) is 2.77. The van der Waals surface area contributed by atoms with Gasteiger partial charge in [0, 0.05) is 18.1 Å². The van der Waals surface area contributed by atoms with Gasteiger partial charge < -0.3 is 5.32 Å². The Morgan fingerprint density at radius 2 is 2.10 bits per heavy atom. The molecule has 3 rings (SSSR count). The molecule has 2 heteroatoms. The number of nitrogens with zero attached hydrogens (tertiary/aromatic N) is 1. The summed E-state index contributed by atoms with van der Waals surface area (Å²) in [5.41, 5.74) is 0. The van der Waals surface area contributed by atoms with E-state index in [1.54, 1.807) is 0 Å². The van der Waals surface area contributed by atoms with Crippen molar-refractivity contribution in [3.05, 3.63) is 0 Å². The largest absolute Gasteiger partial charge is 0.311 e. The van der Waals surface area contributed by atoms with Crippen LogP contribution in [-0.4, -0.2) is 36.1 Å². The Morgan fingerprint density at radius 3 is 3.10 bits per heavy atom. The average molecular weight is 138 g/mol. The molecule has 0 bridgehead atoms. The maximum atomic E-state index is 3.59. The molecule has 3 saturated heterocycles. The summed E-state index contributed by atoms with van der Waals surface area (Å²) < 4.78 is 0. The monoisotopic (exact) mass is 138 g/mol. The maximum absolute atomic E-state index is 3.59. The van der Waals surface area contributed by atoms with E-state index in [2.05, 4.69) is 10.2 Å². The molecule has 0 amide bonds. The van der Waals surface area contributed by atoms with Gasteiger partial charge in [-0.25, -0.2) is 0 Å². The van der Waals surface area contributed by atoms with Crippen LogP contribution in [0, 0.1) is 0 Å². The van der Waals surface area contributed by atoms with Crippen molar-refractivity contribution in [3.63, 3.8) is 0 Å². The van der Waals surface area contributed by atoms with Crippen molar-refractivity contribution < 1.29 is 0 Å². The molecule has 0 spiro atoms. The van der Waals surface area contributed by atoms with E-state index in [0.717, 1.165) is 18.1 Å². The van der Waals surface area contributed by atoms with Crippen molar-refractivity contribution in [2.75, 3.05) is 13.1 Å². The second-order valence-electron chi connectivity index (χ2n) is 3.78. The summed E-state index contributed by atoms with van der Waals surface area (Å²) in [7, 11) is 0. The van der Waals surface area contributed by atoms with Crippen LogP contribution in [0.25, 0.3) is 0 Å². The highest BCUT2D eigenvalue weighted by molar-refractivity contribution is 5.11. The summed E-state index contributed by atoms with van der Waals surface area (Å²) in [6.07, 6.45) is 4.30. The standard InChI is InChI=1S/C8H14N2/c1-2-6-8-7(3-4-9-8)10(6)5-1/h6-9H,1-5H2. The zero-order chi connectivity index (χ0) is 6.55. The van der Waals surface area contributed by atoms with Gasteiger partial charge in [0.2, 0.25) is 0 Å². The Morgan fingerprint density at radius 1 is 1.20 bits per heavy atom. The molecule has 3 heterocycles. The lowest BCUT2D eigenvalue weighted by Gasteiger charge is -2.48. The molecule has 3 aliphatic heterocycles. The van der Waals surface area contributed by atoms with Gasteiger partial charge in [0.15, 0.2) is 0 Å². The molecule has 0 aromatic rings. The Labute approximate surface area is 61.6 Å². The quantitative estimate of drug-likeness (QED) is 0.514. The first-order valence-electron chi connectivity index (χ1n) is 4.46. The Balaban J connectivity index is 1.84. The van der Waals surface area contributed by atoms with Crippen molar-refractivity contribution in [3.8, 4) is 0 Å². The molecule has 3 unspecified atom stereocenters. The predicted molar refractivity (Wildman–Crippen MR) is 39.9 cm³/mol. The lowest BCUT2D eigenvalue weighted by Crippen LogP contribution is -2.65. The molecule has 0 aromatic carbocycles. The molecule has 3 atom stereocenters. The van der Waals surface area contributed by atoms with E-state index in [1.165, 1.54) is 32.4 Å². The van der Waals surface area contributed by atoms with Gasteiger partial charge in [0.25, 0.3) is 0 Å². The summed E-state index contributed by atoms with van der Waals surface area (Å²) >= 11 is 0. The van der Waals surface area contributed by atoms with Crippen LogP contribution >= 0.6 is 0 Å². The first-order chi connectivity index (χ1) is 4.97. The molecule has 0 aliphatic carbocycles. The molecule has 10 heavy (non-hydrogen) atoms. The minimum Gasteiger partial charge on any atom is -0.311 e. The average Bonchev–Trinajstić information content (AvgIpc) is 2.42. The van der Waals surface area contributed by atoms with Crippen LogP contribution in [-0.2, 0) is 0 Å². The van der Waals surface area contributed by atoms with E-state index in [0.29, 0.717) is 0 Å². The second kappa shape index (κ2) is 1.74. The van der Waals surface area contributed by atoms with Crippen LogP contribution in [0.3, 0.4) is 0 Å². The molecule has 3 fully saturated rings. The molecule has 0 radical (unpaired) electrons. The Kier molecular flexibility index (Phi) is 0.968. The van der Waals surface area contributed by atoms with Crippen LogP contribution in [0.5, 0.6) is 0 Å². The number of hydrogen-bond donors (Lipinski definition) is 1. The van der Waals surface area contributed by atoms with Crippen molar-refractivity contribution in [1.82, 2.24) is 10.2 Å². The molecule has 2 nitrogen and oxygen atoms in total. The summed E-state index contributed by atoms with van der Waals surface area (Å²) in [6.45, 7) is 2.65. The number of nitrogens with one attached hydrogen (secondary N) is 1. The molecule has 0 saturated carbocycles. The summed E-state index contributed by atoms with van der Waals surface area (Å²) in [5.74, 6) is 0. The topological polar surface area (TPSA) is 15.3 Å². The highest BCUT2D eigenvalue weighted by Crippen LogP contribution is 2.38. The van der Waals surface area contributed by atoms with Crippen molar-refractivity contribution in [1.29, 1.82) is 0 Å². The fraction of sp³-hybridized carbons (Fsp3) is 1.00. The lowest BCUT2D eigenvalue weighted by atomic mass is 9.89. The van der Waals surface area contributed by atoms with Crippen LogP contribution in [0.1, 0.15) is 19.3 Å². The highest BCUT2D eigenvalue weighted by Gasteiger charge is 2.51. The van der Waals surface area contributed by atoms with E-state index < -0.39 is 0 Å². The summed E-state index contributed by atoms with van der Waals surface area (Å²) in [4.78, 5) is 2.70. The van der Waals surface area contributed by atoms with Gasteiger partial charge in [0.05, 0.1) is 0 Å². The SMILES string of the molecule is C1CC2C3NCCC3N2C1. The third-order valence-corrected chi connectivity index (χ3v) is 3.42. The summed E-state index contributed by atoms with van der Waals surface area (Å²) in [5, 5.41) is 3.59. The fourth-order valence-corrected chi connectivity index (χ4v) is 2.99. The number of fused-ring (bicyclic) bond motifs is 4. The maximum Gasteiger partial charge on any atom is 0.0380 e. The van der Waals surface area contributed by atoms with Gasteiger partial charge >= 0.3 is 0 Å². The van der Waals surface area contributed by atoms with E-state index in [-0.39, 0.29) is 0 Å². The lowest BCUT2D eigenvalue weighted by molar-refractivity contribution is 0.0352. The zero-order valence-electron chi connectivity index (χ0n) is 6.21. The zero-order valence-corrected chi connectivity index (χ0v) is 6.21. The van der Waals surface area contributed by atoms with Gasteiger partial charge in [0.1, 0.15) is 0 Å². The van der Waals surface area contributed by atoms with Gasteiger partial charge in [-0.1, -0.05) is 0 Å². The normalized spacial score (nSPS) is 52.2. The fourth-order valence-electron chi connectivity index (χ4n) is 2.99. The van der Waals surface area contributed by atoms with Crippen LogP contribution in [0.15, 0.2) is 0 Å². The van der Waals surface area contributed by atoms with Gasteiger partial charge in [-0.2, -0.15) is 0 Å². The third kappa shape index (κ3) is 0.487. The van der Waals surface area contributed by atoms with E-state index in [1.807, 2.05) is 0 Å². The molecular formula is C8H14N2. The Bertz CT molecular complexity index is 115. The first-order valence-corrected chi connectivity index (χ1v) is 4.46. The van der Waals surface area contributed by atoms with Crippen molar-refractivity contribution in [2.24, 2.45) is 0 Å². The molecule has 3 aliphatic rings. The molecule has 0 aromatic heterocycles. The van der Waals surface area contributed by atoms with E-state index in [9.17, 15) is 0 Å². The van der Waals surface area contributed by atoms with Gasteiger partial charge in [-0.3, -0.25) is 4.90 Å². The van der Waals surface area contributed by atoms with Crippen LogP contribution in [0.2, 0.25) is 0 Å². The number of rotatable bonds is 0. The number of hydrogen-bond acceptors (Lipinski definition) is 2. The van der Waals surface area contributed by atoms with Gasteiger partial charge in [-0.15, -0.1) is 0 Å². The third-order valence-electron chi connectivity index (χ3n) is 3.42. The molecule has 1 N–H and O–H groups in total. The molecule has 56 valence electrons. The minimum atomic E-state index is 0.891. The smallest absolute Gasteiger partial charge is 0.0380 e. The predicted octanol–water partition coefficient (Wildman–Crippen LogP) is 0.195. The van der Waals surface area contributed by atoms with Crippen molar-refractivity contribution in [2.45, 2.75) is 37.4 Å². The van der Waals surface area contributed by atoms with E-state index >= 15 is 0 Å². The first kappa shape index (κ1) is 5.56. The van der Waals surface area contributed by atoms with Crippen molar-refractivity contribution >= 4 is 0 Å². The van der Waals surface area contributed by atoms with Crippen LogP contribution < -0.4 is 5.32 Å². The second-order valence-corrected chi connectivity index (χ2v) is 3.78.